The fourth-order valence-corrected chi connectivity index (χ4v) is 2.94. The van der Waals surface area contributed by atoms with Crippen molar-refractivity contribution in [3.63, 3.8) is 0 Å². The highest BCUT2D eigenvalue weighted by Crippen LogP contribution is 2.18. The lowest BCUT2D eigenvalue weighted by atomic mass is 10.0. The maximum Gasteiger partial charge on any atom is 0.251 e. The summed E-state index contributed by atoms with van der Waals surface area (Å²) in [5.41, 5.74) is 9.34. The maximum atomic E-state index is 12.2. The third-order valence-electron chi connectivity index (χ3n) is 4.53. The number of quaternary nitrogens is 1. The van der Waals surface area contributed by atoms with Gasteiger partial charge in [0.05, 0.1) is 11.3 Å². The lowest BCUT2D eigenvalue weighted by molar-refractivity contribution is -0.534. The van der Waals surface area contributed by atoms with Gasteiger partial charge in [-0.3, -0.25) is 20.5 Å². The van der Waals surface area contributed by atoms with E-state index in [9.17, 15) is 4.79 Å². The predicted molar refractivity (Wildman–Crippen MR) is 119 cm³/mol. The number of nitrogens with two attached hydrogens (primary N) is 2. The summed E-state index contributed by atoms with van der Waals surface area (Å²) in [5, 5.41) is 12.6. The first-order valence-corrected chi connectivity index (χ1v) is 9.58. The highest BCUT2D eigenvalue weighted by Gasteiger charge is 2.19. The Labute approximate surface area is 175 Å². The SMILES string of the molecule is CN(C)CCNC(=O)c1ccc(C2=C[NH2+]/C(=C(\C(=N)N)c3ccccn3)N=C2)cc1. The Morgan fingerprint density at radius 3 is 2.53 bits per heavy atom. The van der Waals surface area contributed by atoms with Gasteiger partial charge in [0.15, 0.2) is 0 Å². The van der Waals surface area contributed by atoms with Crippen molar-refractivity contribution in [3.05, 3.63) is 77.5 Å². The second-order valence-corrected chi connectivity index (χ2v) is 7.07. The fraction of sp³-hybridized carbons (Fsp3) is 0.182. The summed E-state index contributed by atoms with van der Waals surface area (Å²) in [6.07, 6.45) is 5.30. The number of allylic oxidation sites excluding steroid dienone is 1. The Kier molecular flexibility index (Phi) is 6.84. The molecular formula is C22H26N7O+. The molecule has 0 fully saturated rings. The second-order valence-electron chi connectivity index (χ2n) is 7.07. The van der Waals surface area contributed by atoms with Gasteiger partial charge in [-0.2, -0.15) is 0 Å². The number of amidine groups is 1. The van der Waals surface area contributed by atoms with Gasteiger partial charge in [0.25, 0.3) is 5.91 Å². The molecule has 0 aliphatic carbocycles. The number of rotatable bonds is 7. The van der Waals surface area contributed by atoms with E-state index in [1.807, 2.05) is 54.8 Å². The van der Waals surface area contributed by atoms with E-state index < -0.39 is 0 Å². The zero-order valence-electron chi connectivity index (χ0n) is 17.1. The van der Waals surface area contributed by atoms with Gasteiger partial charge in [0.2, 0.25) is 5.82 Å². The number of nitrogens with one attached hydrogen (secondary N) is 2. The maximum absolute atomic E-state index is 12.2. The Morgan fingerprint density at radius 1 is 1.20 bits per heavy atom. The first kappa shape index (κ1) is 21.1. The summed E-state index contributed by atoms with van der Waals surface area (Å²) < 4.78 is 0. The molecule has 1 aromatic heterocycles. The number of nitrogens with zero attached hydrogens (tertiary/aromatic N) is 3. The Balaban J connectivity index is 1.72. The minimum atomic E-state index is -0.0899. The third-order valence-corrected chi connectivity index (χ3v) is 4.53. The Morgan fingerprint density at radius 2 is 1.97 bits per heavy atom. The molecule has 6 N–H and O–H groups in total. The Bertz CT molecular complexity index is 1010. The van der Waals surface area contributed by atoms with Crippen LogP contribution in [-0.2, 0) is 0 Å². The quantitative estimate of drug-likeness (QED) is 0.400. The number of pyridine rings is 1. The number of aromatic nitrogens is 1. The molecule has 30 heavy (non-hydrogen) atoms. The van der Waals surface area contributed by atoms with Crippen LogP contribution in [0, 0.1) is 5.41 Å². The topological polar surface area (TPSA) is 124 Å². The number of aliphatic imine (C=N–C) groups is 1. The van der Waals surface area contributed by atoms with Crippen molar-refractivity contribution < 1.29 is 10.1 Å². The van der Waals surface area contributed by atoms with Gasteiger partial charge in [-0.1, -0.05) is 18.2 Å². The van der Waals surface area contributed by atoms with E-state index in [2.05, 4.69) is 15.3 Å². The highest BCUT2D eigenvalue weighted by atomic mass is 16.1. The fourth-order valence-electron chi connectivity index (χ4n) is 2.94. The second kappa shape index (κ2) is 9.73. The van der Waals surface area contributed by atoms with Gasteiger partial charge in [-0.25, -0.2) is 4.99 Å². The van der Waals surface area contributed by atoms with Crippen LogP contribution < -0.4 is 16.4 Å². The van der Waals surface area contributed by atoms with Crippen molar-refractivity contribution in [2.45, 2.75) is 0 Å². The number of benzene rings is 1. The molecule has 3 rings (SSSR count). The zero-order valence-corrected chi connectivity index (χ0v) is 17.1. The molecular weight excluding hydrogens is 378 g/mol. The van der Waals surface area contributed by atoms with E-state index in [1.165, 1.54) is 0 Å². The van der Waals surface area contributed by atoms with Crippen molar-refractivity contribution in [2.75, 3.05) is 27.2 Å². The van der Waals surface area contributed by atoms with Crippen molar-refractivity contribution in [1.29, 1.82) is 5.41 Å². The summed E-state index contributed by atoms with van der Waals surface area (Å²) >= 11 is 0. The molecule has 1 aliphatic rings. The van der Waals surface area contributed by atoms with Crippen molar-refractivity contribution in [2.24, 2.45) is 10.7 Å². The summed E-state index contributed by atoms with van der Waals surface area (Å²) in [5.74, 6) is 0.411. The summed E-state index contributed by atoms with van der Waals surface area (Å²) in [6, 6.07) is 12.8. The monoisotopic (exact) mass is 404 g/mol. The molecule has 0 atom stereocenters. The Hall–Kier alpha value is -3.62. The molecule has 0 spiro atoms. The largest absolute Gasteiger partial charge is 0.383 e. The zero-order chi connectivity index (χ0) is 21.5. The van der Waals surface area contributed by atoms with Gasteiger partial charge in [0, 0.05) is 31.1 Å². The van der Waals surface area contributed by atoms with Crippen LogP contribution in [0.25, 0.3) is 11.1 Å². The van der Waals surface area contributed by atoms with Crippen LogP contribution in [0.3, 0.4) is 0 Å². The molecule has 0 saturated heterocycles. The summed E-state index contributed by atoms with van der Waals surface area (Å²) in [4.78, 5) is 23.0. The van der Waals surface area contributed by atoms with Gasteiger partial charge in [0.1, 0.15) is 17.6 Å². The number of carbonyl (C=O) groups excluding carboxylic acids is 1. The average molecular weight is 404 g/mol. The van der Waals surface area contributed by atoms with E-state index in [4.69, 9.17) is 11.1 Å². The van der Waals surface area contributed by atoms with Crippen LogP contribution in [0.2, 0.25) is 0 Å². The smallest absolute Gasteiger partial charge is 0.251 e. The standard InChI is InChI=1S/C22H25N7O/c1-29(2)12-11-26-22(30)16-8-6-15(7-9-16)17-13-27-21(28-14-17)19(20(23)24)18-5-3-4-10-25-18/h3-10,13-14,27H,11-12H2,1-2H3,(H3,23,24)(H,26,30)/p+1/b21-19+. The number of hydrogen-bond donors (Lipinski definition) is 4. The predicted octanol–water partition coefficient (Wildman–Crippen LogP) is 0.666. The lowest BCUT2D eigenvalue weighted by Gasteiger charge is -2.12. The molecule has 8 heteroatoms. The molecule has 0 saturated carbocycles. The van der Waals surface area contributed by atoms with Gasteiger partial charge < -0.3 is 16.0 Å². The van der Waals surface area contributed by atoms with E-state index >= 15 is 0 Å². The van der Waals surface area contributed by atoms with Crippen LogP contribution in [0.5, 0.6) is 0 Å². The van der Waals surface area contributed by atoms with Gasteiger partial charge >= 0.3 is 0 Å². The number of amides is 1. The van der Waals surface area contributed by atoms with E-state index in [0.717, 1.165) is 17.7 Å². The van der Waals surface area contributed by atoms with E-state index in [-0.39, 0.29) is 11.7 Å². The van der Waals surface area contributed by atoms with Gasteiger partial charge in [-0.15, -0.1) is 0 Å². The van der Waals surface area contributed by atoms with Crippen LogP contribution in [0.4, 0.5) is 0 Å². The molecule has 1 aliphatic heterocycles. The first-order chi connectivity index (χ1) is 14.5. The number of hydrogen-bond acceptors (Lipinski definition) is 5. The normalized spacial score (nSPS) is 15.0. The van der Waals surface area contributed by atoms with E-state index in [1.54, 1.807) is 30.6 Å². The molecule has 8 nitrogen and oxygen atoms in total. The molecule has 1 amide bonds. The molecule has 0 unspecified atom stereocenters. The number of carbonyl (C=O) groups is 1. The highest BCUT2D eigenvalue weighted by molar-refractivity contribution is 6.21. The molecule has 0 bridgehead atoms. The average Bonchev–Trinajstić information content (AvgIpc) is 2.75. The summed E-state index contributed by atoms with van der Waals surface area (Å²) in [7, 11) is 3.93. The summed E-state index contributed by atoms with van der Waals surface area (Å²) in [6.45, 7) is 1.39. The van der Waals surface area contributed by atoms with Crippen LogP contribution >= 0.6 is 0 Å². The molecule has 1 aromatic carbocycles. The molecule has 2 heterocycles. The van der Waals surface area contributed by atoms with Crippen molar-refractivity contribution >= 4 is 29.1 Å². The molecule has 154 valence electrons. The minimum absolute atomic E-state index is 0.0846. The first-order valence-electron chi connectivity index (χ1n) is 9.58. The van der Waals surface area contributed by atoms with Crippen molar-refractivity contribution in [1.82, 2.24) is 15.2 Å². The van der Waals surface area contributed by atoms with Gasteiger partial charge in [-0.05, 0) is 43.9 Å². The van der Waals surface area contributed by atoms with Crippen LogP contribution in [-0.4, -0.2) is 55.0 Å². The lowest BCUT2D eigenvalue weighted by Crippen LogP contribution is -2.77. The van der Waals surface area contributed by atoms with E-state index in [0.29, 0.717) is 29.2 Å². The molecule has 2 aromatic rings. The van der Waals surface area contributed by atoms with Crippen LogP contribution in [0.1, 0.15) is 21.6 Å². The molecule has 0 radical (unpaired) electrons. The third kappa shape index (κ3) is 5.25. The minimum Gasteiger partial charge on any atom is -0.383 e. The number of likely N-dealkylation sites (N-methyl/N-ethyl adjacent to an activating group) is 1. The van der Waals surface area contributed by atoms with Crippen molar-refractivity contribution in [3.8, 4) is 0 Å². The van der Waals surface area contributed by atoms with Crippen LogP contribution in [0.15, 0.2) is 65.7 Å².